The highest BCUT2D eigenvalue weighted by atomic mass is 32.2. The zero-order chi connectivity index (χ0) is 15.8. The Kier molecular flexibility index (Phi) is 7.61. The van der Waals surface area contributed by atoms with Crippen LogP contribution >= 0.6 is 11.8 Å². The van der Waals surface area contributed by atoms with Gasteiger partial charge in [0.2, 0.25) is 5.91 Å². The van der Waals surface area contributed by atoms with Gasteiger partial charge in [0.15, 0.2) is 0 Å². The summed E-state index contributed by atoms with van der Waals surface area (Å²) in [5.74, 6) is 0.741. The van der Waals surface area contributed by atoms with Crippen LogP contribution < -0.4 is 10.1 Å². The molecule has 5 heteroatoms. The molecule has 0 radical (unpaired) electrons. The Balaban J connectivity index is 2.36. The van der Waals surface area contributed by atoms with Gasteiger partial charge in [-0.1, -0.05) is 6.07 Å². The molecule has 0 aliphatic heterocycles. The molecule has 118 valence electrons. The molecule has 1 amide bonds. The molecular weight excluding hydrogens is 286 g/mol. The number of hydrogen-bond donors (Lipinski definition) is 2. The number of aryl methyl sites for hydroxylation is 2. The molecule has 0 heterocycles. The molecule has 0 aliphatic rings. The standard InChI is InChI=1S/C16H25NO3S/c1-11-7-12(2)9-14(8-11)20-6-5-16(19)17-13(3)15(10-18)21-4/h7-9,13,15,18H,5-6,10H2,1-4H3,(H,17,19). The fraction of sp³-hybridized carbons (Fsp3) is 0.562. The maximum absolute atomic E-state index is 11.8. The molecule has 0 saturated heterocycles. The van der Waals surface area contributed by atoms with Crippen molar-refractivity contribution in [3.63, 3.8) is 0 Å². The molecule has 0 fully saturated rings. The summed E-state index contributed by atoms with van der Waals surface area (Å²) < 4.78 is 5.62. The van der Waals surface area contributed by atoms with Crippen LogP contribution in [0.3, 0.4) is 0 Å². The van der Waals surface area contributed by atoms with Crippen LogP contribution in [0.5, 0.6) is 5.75 Å². The van der Waals surface area contributed by atoms with Crippen molar-refractivity contribution < 1.29 is 14.6 Å². The summed E-state index contributed by atoms with van der Waals surface area (Å²) >= 11 is 1.55. The van der Waals surface area contributed by atoms with E-state index in [1.807, 2.05) is 39.2 Å². The Morgan fingerprint density at radius 2 is 1.95 bits per heavy atom. The third kappa shape index (κ3) is 6.40. The molecule has 1 aromatic rings. The molecule has 4 nitrogen and oxygen atoms in total. The van der Waals surface area contributed by atoms with E-state index in [-0.39, 0.29) is 23.8 Å². The Morgan fingerprint density at radius 1 is 1.33 bits per heavy atom. The van der Waals surface area contributed by atoms with Crippen LogP contribution in [0, 0.1) is 13.8 Å². The van der Waals surface area contributed by atoms with E-state index in [9.17, 15) is 9.90 Å². The van der Waals surface area contributed by atoms with E-state index >= 15 is 0 Å². The van der Waals surface area contributed by atoms with Gasteiger partial charge in [-0.2, -0.15) is 11.8 Å². The van der Waals surface area contributed by atoms with E-state index in [2.05, 4.69) is 11.4 Å². The highest BCUT2D eigenvalue weighted by Gasteiger charge is 2.17. The first-order chi connectivity index (χ1) is 9.96. The van der Waals surface area contributed by atoms with Gasteiger partial charge in [0.25, 0.3) is 0 Å². The first kappa shape index (κ1) is 17.9. The van der Waals surface area contributed by atoms with E-state index in [1.54, 1.807) is 11.8 Å². The lowest BCUT2D eigenvalue weighted by molar-refractivity contribution is -0.122. The minimum absolute atomic E-state index is 0.0225. The largest absolute Gasteiger partial charge is 0.493 e. The van der Waals surface area contributed by atoms with Gasteiger partial charge >= 0.3 is 0 Å². The maximum atomic E-state index is 11.8. The van der Waals surface area contributed by atoms with Crippen molar-refractivity contribution in [3.05, 3.63) is 29.3 Å². The fourth-order valence-corrected chi connectivity index (χ4v) is 2.76. The molecule has 0 bridgehead atoms. The van der Waals surface area contributed by atoms with Gasteiger partial charge in [0.1, 0.15) is 5.75 Å². The van der Waals surface area contributed by atoms with E-state index in [4.69, 9.17) is 4.74 Å². The van der Waals surface area contributed by atoms with Crippen LogP contribution in [0.2, 0.25) is 0 Å². The molecule has 0 spiro atoms. The molecule has 0 saturated carbocycles. The number of amides is 1. The van der Waals surface area contributed by atoms with Crippen molar-refractivity contribution in [2.45, 2.75) is 38.5 Å². The van der Waals surface area contributed by atoms with Crippen molar-refractivity contribution in [1.82, 2.24) is 5.32 Å². The highest BCUT2D eigenvalue weighted by Crippen LogP contribution is 2.16. The molecule has 1 rings (SSSR count). The first-order valence-electron chi connectivity index (χ1n) is 7.10. The molecule has 21 heavy (non-hydrogen) atoms. The van der Waals surface area contributed by atoms with Crippen molar-refractivity contribution in [1.29, 1.82) is 0 Å². The van der Waals surface area contributed by atoms with Gasteiger partial charge < -0.3 is 15.2 Å². The fourth-order valence-electron chi connectivity index (χ4n) is 2.13. The molecule has 2 unspecified atom stereocenters. The summed E-state index contributed by atoms with van der Waals surface area (Å²) in [5.41, 5.74) is 2.29. The number of ether oxygens (including phenoxy) is 1. The topological polar surface area (TPSA) is 58.6 Å². The smallest absolute Gasteiger partial charge is 0.223 e. The maximum Gasteiger partial charge on any atom is 0.223 e. The Labute approximate surface area is 131 Å². The van der Waals surface area contributed by atoms with Crippen LogP contribution in [0.4, 0.5) is 0 Å². The Morgan fingerprint density at radius 3 is 2.48 bits per heavy atom. The SMILES string of the molecule is CSC(CO)C(C)NC(=O)CCOc1cc(C)cc(C)c1. The van der Waals surface area contributed by atoms with Crippen molar-refractivity contribution in [2.75, 3.05) is 19.5 Å². The van der Waals surface area contributed by atoms with Gasteiger partial charge in [-0.3, -0.25) is 4.79 Å². The van der Waals surface area contributed by atoms with E-state index in [1.165, 1.54) is 0 Å². The number of hydrogen-bond acceptors (Lipinski definition) is 4. The van der Waals surface area contributed by atoms with Crippen LogP contribution in [0.1, 0.15) is 24.5 Å². The lowest BCUT2D eigenvalue weighted by atomic mass is 10.1. The normalized spacial score (nSPS) is 13.6. The number of benzene rings is 1. The number of aliphatic hydroxyl groups excluding tert-OH is 1. The molecule has 0 aliphatic carbocycles. The van der Waals surface area contributed by atoms with Crippen LogP contribution in [-0.4, -0.2) is 41.8 Å². The first-order valence-corrected chi connectivity index (χ1v) is 8.39. The highest BCUT2D eigenvalue weighted by molar-refractivity contribution is 7.99. The lowest BCUT2D eigenvalue weighted by Crippen LogP contribution is -2.41. The van der Waals surface area contributed by atoms with E-state index in [0.29, 0.717) is 13.0 Å². The second kappa shape index (κ2) is 8.95. The zero-order valence-corrected chi connectivity index (χ0v) is 14.0. The Hall–Kier alpha value is -1.20. The number of carbonyl (C=O) groups excluding carboxylic acids is 1. The van der Waals surface area contributed by atoms with Gasteiger partial charge in [-0.15, -0.1) is 0 Å². The van der Waals surface area contributed by atoms with Gasteiger partial charge in [-0.25, -0.2) is 0 Å². The second-order valence-corrected chi connectivity index (χ2v) is 6.31. The summed E-state index contributed by atoms with van der Waals surface area (Å²) in [4.78, 5) is 11.8. The van der Waals surface area contributed by atoms with Gasteiger partial charge in [0.05, 0.1) is 19.6 Å². The van der Waals surface area contributed by atoms with Crippen LogP contribution in [0.15, 0.2) is 18.2 Å². The van der Waals surface area contributed by atoms with Crippen molar-refractivity contribution in [2.24, 2.45) is 0 Å². The van der Waals surface area contributed by atoms with Crippen LogP contribution in [0.25, 0.3) is 0 Å². The lowest BCUT2D eigenvalue weighted by Gasteiger charge is -2.21. The Bertz CT molecular complexity index is 441. The summed E-state index contributed by atoms with van der Waals surface area (Å²) in [6, 6.07) is 5.95. The average Bonchev–Trinajstić information content (AvgIpc) is 2.38. The summed E-state index contributed by atoms with van der Waals surface area (Å²) in [6.07, 6.45) is 2.23. The molecule has 0 aromatic heterocycles. The second-order valence-electron chi connectivity index (χ2n) is 5.23. The predicted molar refractivity (Wildman–Crippen MR) is 88.0 cm³/mol. The van der Waals surface area contributed by atoms with Crippen molar-refractivity contribution in [3.8, 4) is 5.75 Å². The molecule has 2 atom stereocenters. The number of rotatable bonds is 8. The summed E-state index contributed by atoms with van der Waals surface area (Å²) in [7, 11) is 0. The van der Waals surface area contributed by atoms with E-state index in [0.717, 1.165) is 16.9 Å². The number of thioether (sulfide) groups is 1. The van der Waals surface area contributed by atoms with Crippen molar-refractivity contribution >= 4 is 17.7 Å². The number of carbonyl (C=O) groups is 1. The average molecular weight is 311 g/mol. The third-order valence-electron chi connectivity index (χ3n) is 3.22. The van der Waals surface area contributed by atoms with Crippen LogP contribution in [-0.2, 0) is 4.79 Å². The van der Waals surface area contributed by atoms with Gasteiger partial charge in [0, 0.05) is 11.3 Å². The predicted octanol–water partition coefficient (Wildman–Crippen LogP) is 2.30. The zero-order valence-electron chi connectivity index (χ0n) is 13.2. The molecule has 1 aromatic carbocycles. The minimum Gasteiger partial charge on any atom is -0.493 e. The quantitative estimate of drug-likeness (QED) is 0.773. The van der Waals surface area contributed by atoms with E-state index < -0.39 is 0 Å². The minimum atomic E-state index is -0.0567. The summed E-state index contributed by atoms with van der Waals surface area (Å²) in [6.45, 7) is 6.35. The molecule has 2 N–H and O–H groups in total. The van der Waals surface area contributed by atoms with Gasteiger partial charge in [-0.05, 0) is 50.3 Å². The number of nitrogens with one attached hydrogen (secondary N) is 1. The monoisotopic (exact) mass is 311 g/mol. The molecular formula is C16H25NO3S. The third-order valence-corrected chi connectivity index (χ3v) is 4.38. The summed E-state index contributed by atoms with van der Waals surface area (Å²) in [5, 5.41) is 12.1. The number of aliphatic hydroxyl groups is 1.